The van der Waals surface area contributed by atoms with E-state index in [0.29, 0.717) is 17.8 Å². The number of anilines is 1. The molecule has 112 valence electrons. The molecule has 1 unspecified atom stereocenters. The predicted octanol–water partition coefficient (Wildman–Crippen LogP) is 0.583. The van der Waals surface area contributed by atoms with Gasteiger partial charge >= 0.3 is 0 Å². The Kier molecular flexibility index (Phi) is 4.26. The molecule has 1 aliphatic heterocycles. The molecule has 1 aromatic rings. The van der Waals surface area contributed by atoms with Crippen LogP contribution >= 0.6 is 0 Å². The number of nitrogens with one attached hydrogen (secondary N) is 1. The lowest BCUT2D eigenvalue weighted by molar-refractivity contribution is -0.123. The molecule has 3 amide bonds. The summed E-state index contributed by atoms with van der Waals surface area (Å²) in [7, 11) is 0. The molecule has 2 rings (SSSR count). The van der Waals surface area contributed by atoms with E-state index in [2.05, 4.69) is 5.32 Å². The summed E-state index contributed by atoms with van der Waals surface area (Å²) < 4.78 is 0. The summed E-state index contributed by atoms with van der Waals surface area (Å²) in [5.74, 6) is -1.26. The molecule has 21 heavy (non-hydrogen) atoms. The number of nitrogens with two attached hydrogens (primary N) is 1. The van der Waals surface area contributed by atoms with Gasteiger partial charge in [0.15, 0.2) is 0 Å². The van der Waals surface area contributed by atoms with Gasteiger partial charge < -0.3 is 16.0 Å². The van der Waals surface area contributed by atoms with Crippen LogP contribution in [0.2, 0.25) is 0 Å². The van der Waals surface area contributed by atoms with Gasteiger partial charge in [-0.25, -0.2) is 0 Å². The standard InChI is InChI=1S/C15H19N3O3/c1-3-17-15(21)10-5-4-9(2)12(6-10)18-8-11(14(16)20)7-13(18)19/h4-6,11H,3,7-8H2,1-2H3,(H2,16,20)(H,17,21). The van der Waals surface area contributed by atoms with Crippen LogP contribution in [0.25, 0.3) is 0 Å². The van der Waals surface area contributed by atoms with Crippen molar-refractivity contribution in [1.29, 1.82) is 0 Å². The summed E-state index contributed by atoms with van der Waals surface area (Å²) in [6.07, 6.45) is 0.125. The van der Waals surface area contributed by atoms with Crippen LogP contribution in [0.5, 0.6) is 0 Å². The number of rotatable bonds is 4. The van der Waals surface area contributed by atoms with Gasteiger partial charge in [-0.3, -0.25) is 14.4 Å². The smallest absolute Gasteiger partial charge is 0.251 e. The van der Waals surface area contributed by atoms with Crippen LogP contribution in [0.1, 0.15) is 29.3 Å². The number of nitrogens with zero attached hydrogens (tertiary/aromatic N) is 1. The molecular weight excluding hydrogens is 270 g/mol. The van der Waals surface area contributed by atoms with Crippen LogP contribution in [0.4, 0.5) is 5.69 Å². The number of amides is 3. The zero-order chi connectivity index (χ0) is 15.6. The van der Waals surface area contributed by atoms with Gasteiger partial charge in [-0.2, -0.15) is 0 Å². The van der Waals surface area contributed by atoms with Crippen LogP contribution in [0.15, 0.2) is 18.2 Å². The minimum absolute atomic E-state index is 0.125. The fourth-order valence-electron chi connectivity index (χ4n) is 2.44. The first-order valence-electron chi connectivity index (χ1n) is 6.92. The van der Waals surface area contributed by atoms with Crippen LogP contribution in [0.3, 0.4) is 0 Å². The fraction of sp³-hybridized carbons (Fsp3) is 0.400. The molecule has 1 aromatic carbocycles. The van der Waals surface area contributed by atoms with Crippen molar-refractivity contribution in [3.05, 3.63) is 29.3 Å². The second-order valence-corrected chi connectivity index (χ2v) is 5.17. The molecule has 1 aliphatic rings. The summed E-state index contributed by atoms with van der Waals surface area (Å²) in [5, 5.41) is 2.72. The molecular formula is C15H19N3O3. The molecule has 0 aromatic heterocycles. The van der Waals surface area contributed by atoms with E-state index >= 15 is 0 Å². The zero-order valence-corrected chi connectivity index (χ0v) is 12.2. The molecule has 1 heterocycles. The molecule has 0 radical (unpaired) electrons. The molecule has 1 atom stereocenters. The molecule has 3 N–H and O–H groups in total. The Balaban J connectivity index is 2.31. The third kappa shape index (κ3) is 3.04. The summed E-state index contributed by atoms with van der Waals surface area (Å²) >= 11 is 0. The van der Waals surface area contributed by atoms with E-state index in [4.69, 9.17) is 5.73 Å². The molecule has 6 nitrogen and oxygen atoms in total. The van der Waals surface area contributed by atoms with Gasteiger partial charge in [0.2, 0.25) is 11.8 Å². The van der Waals surface area contributed by atoms with Crippen LogP contribution in [-0.2, 0) is 9.59 Å². The van der Waals surface area contributed by atoms with Crippen LogP contribution < -0.4 is 16.0 Å². The molecule has 0 bridgehead atoms. The average molecular weight is 289 g/mol. The van der Waals surface area contributed by atoms with Crippen molar-refractivity contribution < 1.29 is 14.4 Å². The highest BCUT2D eigenvalue weighted by Crippen LogP contribution is 2.28. The summed E-state index contributed by atoms with van der Waals surface area (Å²) in [6.45, 7) is 4.51. The number of carbonyl (C=O) groups excluding carboxylic acids is 3. The van der Waals surface area contributed by atoms with E-state index in [-0.39, 0.29) is 24.8 Å². The Hall–Kier alpha value is -2.37. The second kappa shape index (κ2) is 5.95. The molecule has 6 heteroatoms. The Morgan fingerprint density at radius 2 is 2.14 bits per heavy atom. The molecule has 1 saturated heterocycles. The minimum Gasteiger partial charge on any atom is -0.369 e. The van der Waals surface area contributed by atoms with Gasteiger partial charge in [-0.15, -0.1) is 0 Å². The Morgan fingerprint density at radius 3 is 2.71 bits per heavy atom. The molecule has 1 fully saturated rings. The Labute approximate surface area is 123 Å². The van der Waals surface area contributed by atoms with E-state index in [9.17, 15) is 14.4 Å². The monoisotopic (exact) mass is 289 g/mol. The van der Waals surface area contributed by atoms with Gasteiger partial charge in [-0.05, 0) is 31.5 Å². The first-order chi connectivity index (χ1) is 9.93. The van der Waals surface area contributed by atoms with Crippen molar-refractivity contribution in [3.8, 4) is 0 Å². The highest BCUT2D eigenvalue weighted by molar-refractivity contribution is 6.02. The highest BCUT2D eigenvalue weighted by atomic mass is 16.2. The SMILES string of the molecule is CCNC(=O)c1ccc(C)c(N2CC(C(N)=O)CC2=O)c1. The van der Waals surface area contributed by atoms with E-state index in [0.717, 1.165) is 5.56 Å². The van der Waals surface area contributed by atoms with Crippen molar-refractivity contribution in [3.63, 3.8) is 0 Å². The van der Waals surface area contributed by atoms with E-state index < -0.39 is 11.8 Å². The largest absolute Gasteiger partial charge is 0.369 e. The summed E-state index contributed by atoms with van der Waals surface area (Å²) in [6, 6.07) is 5.20. The number of aryl methyl sites for hydroxylation is 1. The second-order valence-electron chi connectivity index (χ2n) is 5.17. The van der Waals surface area contributed by atoms with Crippen molar-refractivity contribution in [2.75, 3.05) is 18.0 Å². The topological polar surface area (TPSA) is 92.5 Å². The van der Waals surface area contributed by atoms with Gasteiger partial charge in [-0.1, -0.05) is 6.07 Å². The van der Waals surface area contributed by atoms with Crippen molar-refractivity contribution in [1.82, 2.24) is 5.32 Å². The lowest BCUT2D eigenvalue weighted by Crippen LogP contribution is -2.29. The third-order valence-corrected chi connectivity index (χ3v) is 3.63. The van der Waals surface area contributed by atoms with E-state index in [1.165, 1.54) is 4.90 Å². The number of hydrogen-bond acceptors (Lipinski definition) is 3. The first kappa shape index (κ1) is 15.0. The maximum absolute atomic E-state index is 12.1. The Bertz CT molecular complexity index is 598. The van der Waals surface area contributed by atoms with Crippen molar-refractivity contribution >= 4 is 23.4 Å². The minimum atomic E-state index is -0.469. The van der Waals surface area contributed by atoms with Gasteiger partial charge in [0, 0.05) is 30.8 Å². The third-order valence-electron chi connectivity index (χ3n) is 3.63. The number of hydrogen-bond donors (Lipinski definition) is 2. The molecule has 0 aliphatic carbocycles. The number of benzene rings is 1. The highest BCUT2D eigenvalue weighted by Gasteiger charge is 2.34. The van der Waals surface area contributed by atoms with Crippen molar-refractivity contribution in [2.24, 2.45) is 11.7 Å². The fourth-order valence-corrected chi connectivity index (χ4v) is 2.44. The molecule has 0 spiro atoms. The quantitative estimate of drug-likeness (QED) is 0.849. The molecule has 0 saturated carbocycles. The zero-order valence-electron chi connectivity index (χ0n) is 12.2. The maximum Gasteiger partial charge on any atom is 0.251 e. The summed E-state index contributed by atoms with van der Waals surface area (Å²) in [4.78, 5) is 36.7. The van der Waals surface area contributed by atoms with E-state index in [1.807, 2.05) is 13.8 Å². The van der Waals surface area contributed by atoms with Gasteiger partial charge in [0.05, 0.1) is 5.92 Å². The van der Waals surface area contributed by atoms with Crippen molar-refractivity contribution in [2.45, 2.75) is 20.3 Å². The number of carbonyl (C=O) groups is 3. The first-order valence-corrected chi connectivity index (χ1v) is 6.92. The lowest BCUT2D eigenvalue weighted by atomic mass is 10.1. The Morgan fingerprint density at radius 1 is 1.43 bits per heavy atom. The van der Waals surface area contributed by atoms with Gasteiger partial charge in [0.25, 0.3) is 5.91 Å². The maximum atomic E-state index is 12.1. The predicted molar refractivity (Wildman–Crippen MR) is 78.8 cm³/mol. The normalized spacial score (nSPS) is 17.9. The average Bonchev–Trinajstić information content (AvgIpc) is 2.82. The lowest BCUT2D eigenvalue weighted by Gasteiger charge is -2.19. The summed E-state index contributed by atoms with van der Waals surface area (Å²) in [5.41, 5.74) is 7.30. The van der Waals surface area contributed by atoms with Gasteiger partial charge in [0.1, 0.15) is 0 Å². The number of primary amides is 1. The van der Waals surface area contributed by atoms with E-state index in [1.54, 1.807) is 18.2 Å². The van der Waals surface area contributed by atoms with Crippen LogP contribution in [-0.4, -0.2) is 30.8 Å². The van der Waals surface area contributed by atoms with Crippen LogP contribution in [0, 0.1) is 12.8 Å².